The molecule has 6 nitrogen and oxygen atoms in total. The van der Waals surface area contributed by atoms with E-state index in [9.17, 15) is 4.79 Å². The molecule has 2 aromatic rings. The van der Waals surface area contributed by atoms with Crippen molar-refractivity contribution in [3.05, 3.63) is 29.4 Å². The number of hydrogen-bond acceptors (Lipinski definition) is 6. The molecule has 2 rings (SSSR count). The topological polar surface area (TPSA) is 90.1 Å². The van der Waals surface area contributed by atoms with Gasteiger partial charge in [-0.15, -0.1) is 0 Å². The summed E-state index contributed by atoms with van der Waals surface area (Å²) in [4.78, 5) is 16.2. The molecule has 0 aliphatic carbocycles. The van der Waals surface area contributed by atoms with Gasteiger partial charge in [0.1, 0.15) is 10.6 Å². The predicted octanol–water partition coefficient (Wildman–Crippen LogP) is 1.16. The normalized spacial score (nSPS) is 10.4. The minimum Gasteiger partial charge on any atom is -0.396 e. The van der Waals surface area contributed by atoms with Crippen LogP contribution in [0.5, 0.6) is 0 Å². The van der Waals surface area contributed by atoms with Crippen LogP contribution in [-0.2, 0) is 4.74 Å². The summed E-state index contributed by atoms with van der Waals surface area (Å²) < 4.78 is 9.10. The number of hydrogen-bond donors (Lipinski definition) is 2. The average molecular weight is 278 g/mol. The van der Waals surface area contributed by atoms with Crippen molar-refractivity contribution in [2.24, 2.45) is 0 Å². The van der Waals surface area contributed by atoms with Crippen LogP contribution in [0.3, 0.4) is 0 Å². The molecule has 0 saturated carbocycles. The molecule has 2 aromatic heterocycles. The molecule has 0 atom stereocenters. The largest absolute Gasteiger partial charge is 0.396 e. The van der Waals surface area contributed by atoms with Crippen LogP contribution in [0.25, 0.3) is 11.3 Å². The molecule has 0 fully saturated rings. The molecule has 0 saturated heterocycles. The van der Waals surface area contributed by atoms with E-state index in [4.69, 9.17) is 10.5 Å². The van der Waals surface area contributed by atoms with E-state index in [0.717, 1.165) is 17.1 Å². The van der Waals surface area contributed by atoms with Crippen molar-refractivity contribution in [2.45, 2.75) is 0 Å². The molecule has 0 aromatic carbocycles. The molecular weight excluding hydrogens is 264 g/mol. The van der Waals surface area contributed by atoms with Crippen LogP contribution in [0.15, 0.2) is 24.5 Å². The Morgan fingerprint density at radius 1 is 1.47 bits per heavy atom. The van der Waals surface area contributed by atoms with Gasteiger partial charge in [-0.25, -0.2) is 0 Å². The first-order valence-corrected chi connectivity index (χ1v) is 6.44. The molecule has 7 heteroatoms. The Kier molecular flexibility index (Phi) is 4.43. The molecule has 0 bridgehead atoms. The van der Waals surface area contributed by atoms with E-state index in [-0.39, 0.29) is 5.91 Å². The average Bonchev–Trinajstić information content (AvgIpc) is 2.82. The molecule has 2 heterocycles. The Labute approximate surface area is 114 Å². The lowest BCUT2D eigenvalue weighted by Crippen LogP contribution is -2.26. The summed E-state index contributed by atoms with van der Waals surface area (Å²) in [6.07, 6.45) is 3.32. The van der Waals surface area contributed by atoms with Gasteiger partial charge in [-0.1, -0.05) is 0 Å². The molecule has 0 unspecified atom stereocenters. The molecular formula is C12H14N4O2S. The summed E-state index contributed by atoms with van der Waals surface area (Å²) >= 11 is 1.09. The molecule has 0 aliphatic rings. The van der Waals surface area contributed by atoms with Crippen molar-refractivity contribution in [3.8, 4) is 11.3 Å². The van der Waals surface area contributed by atoms with Gasteiger partial charge in [0, 0.05) is 31.6 Å². The van der Waals surface area contributed by atoms with E-state index >= 15 is 0 Å². The van der Waals surface area contributed by atoms with Gasteiger partial charge in [-0.3, -0.25) is 9.78 Å². The van der Waals surface area contributed by atoms with Gasteiger partial charge in [0.15, 0.2) is 0 Å². The van der Waals surface area contributed by atoms with Gasteiger partial charge in [-0.2, -0.15) is 4.37 Å². The summed E-state index contributed by atoms with van der Waals surface area (Å²) in [5.74, 6) is -0.229. The van der Waals surface area contributed by atoms with Crippen LogP contribution in [0, 0.1) is 0 Å². The number of nitrogens with two attached hydrogens (primary N) is 1. The number of nitrogens with one attached hydrogen (secondary N) is 1. The van der Waals surface area contributed by atoms with Gasteiger partial charge in [0.2, 0.25) is 0 Å². The highest BCUT2D eigenvalue weighted by atomic mass is 32.1. The first kappa shape index (κ1) is 13.4. The summed E-state index contributed by atoms with van der Waals surface area (Å²) in [7, 11) is 1.58. The first-order chi connectivity index (χ1) is 9.24. The minimum atomic E-state index is -0.229. The van der Waals surface area contributed by atoms with Crippen molar-refractivity contribution in [2.75, 3.05) is 26.0 Å². The van der Waals surface area contributed by atoms with Crippen LogP contribution in [-0.4, -0.2) is 35.5 Å². The summed E-state index contributed by atoms with van der Waals surface area (Å²) in [6.45, 7) is 0.902. The zero-order valence-electron chi connectivity index (χ0n) is 10.4. The molecule has 0 radical (unpaired) electrons. The fraction of sp³-hybridized carbons (Fsp3) is 0.250. The smallest absolute Gasteiger partial charge is 0.265 e. The highest BCUT2D eigenvalue weighted by Gasteiger charge is 2.18. The second-order valence-corrected chi connectivity index (χ2v) is 4.53. The lowest BCUT2D eigenvalue weighted by Gasteiger charge is -2.03. The SMILES string of the molecule is COCCNC(=O)c1snc(-c2ccncc2)c1N. The lowest BCUT2D eigenvalue weighted by atomic mass is 10.1. The van der Waals surface area contributed by atoms with E-state index in [1.165, 1.54) is 0 Å². The maximum absolute atomic E-state index is 11.9. The number of ether oxygens (including phenoxy) is 1. The number of rotatable bonds is 5. The fourth-order valence-electron chi connectivity index (χ4n) is 1.53. The van der Waals surface area contributed by atoms with Crippen LogP contribution >= 0.6 is 11.5 Å². The van der Waals surface area contributed by atoms with Gasteiger partial charge < -0.3 is 15.8 Å². The van der Waals surface area contributed by atoms with E-state index in [1.54, 1.807) is 31.6 Å². The molecule has 1 amide bonds. The van der Waals surface area contributed by atoms with Crippen molar-refractivity contribution in [3.63, 3.8) is 0 Å². The number of carbonyl (C=O) groups excluding carboxylic acids is 1. The van der Waals surface area contributed by atoms with Gasteiger partial charge >= 0.3 is 0 Å². The maximum atomic E-state index is 11.9. The zero-order valence-corrected chi connectivity index (χ0v) is 11.2. The van der Waals surface area contributed by atoms with Crippen LogP contribution in [0.4, 0.5) is 5.69 Å². The van der Waals surface area contributed by atoms with Crippen molar-refractivity contribution < 1.29 is 9.53 Å². The maximum Gasteiger partial charge on any atom is 0.265 e. The number of carbonyl (C=O) groups is 1. The van der Waals surface area contributed by atoms with Crippen molar-refractivity contribution in [1.29, 1.82) is 0 Å². The zero-order chi connectivity index (χ0) is 13.7. The van der Waals surface area contributed by atoms with Crippen LogP contribution in [0.1, 0.15) is 9.67 Å². The predicted molar refractivity (Wildman–Crippen MR) is 74.0 cm³/mol. The number of amides is 1. The monoisotopic (exact) mass is 278 g/mol. The van der Waals surface area contributed by atoms with Gasteiger partial charge in [0.05, 0.1) is 12.3 Å². The number of methoxy groups -OCH3 is 1. The van der Waals surface area contributed by atoms with E-state index in [1.807, 2.05) is 0 Å². The number of nitrogen functional groups attached to an aromatic ring is 1. The summed E-state index contributed by atoms with van der Waals surface area (Å²) in [5, 5.41) is 2.72. The highest BCUT2D eigenvalue weighted by Crippen LogP contribution is 2.30. The van der Waals surface area contributed by atoms with Gasteiger partial charge in [-0.05, 0) is 23.7 Å². The third-order valence-electron chi connectivity index (χ3n) is 2.48. The van der Waals surface area contributed by atoms with Crippen molar-refractivity contribution in [1.82, 2.24) is 14.7 Å². The molecule has 100 valence electrons. The Hall–Kier alpha value is -1.99. The molecule has 0 spiro atoms. The second-order valence-electron chi connectivity index (χ2n) is 3.76. The Balaban J connectivity index is 2.17. The van der Waals surface area contributed by atoms with Crippen LogP contribution in [0.2, 0.25) is 0 Å². The number of nitrogens with zero attached hydrogens (tertiary/aromatic N) is 2. The van der Waals surface area contributed by atoms with Crippen molar-refractivity contribution >= 4 is 23.1 Å². The second kappa shape index (κ2) is 6.26. The number of aromatic nitrogens is 2. The quantitative estimate of drug-likeness (QED) is 0.801. The summed E-state index contributed by atoms with van der Waals surface area (Å²) in [5.41, 5.74) is 7.83. The third kappa shape index (κ3) is 3.07. The van der Waals surface area contributed by atoms with E-state index < -0.39 is 0 Å². The Bertz CT molecular complexity index is 556. The Morgan fingerprint density at radius 2 is 2.21 bits per heavy atom. The van der Waals surface area contributed by atoms with Crippen LogP contribution < -0.4 is 11.1 Å². The van der Waals surface area contributed by atoms with E-state index in [2.05, 4.69) is 14.7 Å². The molecule has 0 aliphatic heterocycles. The van der Waals surface area contributed by atoms with E-state index in [0.29, 0.717) is 29.4 Å². The summed E-state index contributed by atoms with van der Waals surface area (Å²) in [6, 6.07) is 3.61. The first-order valence-electron chi connectivity index (χ1n) is 5.66. The third-order valence-corrected chi connectivity index (χ3v) is 3.34. The Morgan fingerprint density at radius 3 is 2.89 bits per heavy atom. The highest BCUT2D eigenvalue weighted by molar-refractivity contribution is 7.09. The van der Waals surface area contributed by atoms with Gasteiger partial charge in [0.25, 0.3) is 5.91 Å². The molecule has 3 N–H and O–H groups in total. The molecule has 19 heavy (non-hydrogen) atoms. The number of pyridine rings is 1. The standard InChI is InChI=1S/C12H14N4O2S/c1-18-7-6-15-12(17)11-9(13)10(16-19-11)8-2-4-14-5-3-8/h2-5H,6-7,13H2,1H3,(H,15,17). The number of anilines is 1. The minimum absolute atomic E-state index is 0.229. The lowest BCUT2D eigenvalue weighted by molar-refractivity contribution is 0.0942. The fourth-order valence-corrected chi connectivity index (χ4v) is 2.26.